The molecule has 0 spiro atoms. The topological polar surface area (TPSA) is 32.9 Å². The van der Waals surface area contributed by atoms with Gasteiger partial charge >= 0.3 is 0 Å². The standard InChI is InChI=1S/C6H4BrF2NO/c7-3-2-10-4(6(8)9)1-5(3)11/h1-2,6H,(H,10,11). The first kappa shape index (κ1) is 8.39. The van der Waals surface area contributed by atoms with Gasteiger partial charge in [-0.25, -0.2) is 8.78 Å². The average molecular weight is 224 g/mol. The molecule has 1 aromatic heterocycles. The minimum absolute atomic E-state index is 0.252. The molecule has 1 N–H and O–H groups in total. The number of hydrogen-bond acceptors (Lipinski definition) is 1. The van der Waals surface area contributed by atoms with Crippen molar-refractivity contribution in [3.63, 3.8) is 0 Å². The Morgan fingerprint density at radius 2 is 2.18 bits per heavy atom. The van der Waals surface area contributed by atoms with Crippen LogP contribution >= 0.6 is 15.9 Å². The van der Waals surface area contributed by atoms with Crippen LogP contribution in [-0.4, -0.2) is 4.98 Å². The van der Waals surface area contributed by atoms with E-state index in [4.69, 9.17) is 0 Å². The summed E-state index contributed by atoms with van der Waals surface area (Å²) in [5.41, 5.74) is -0.808. The summed E-state index contributed by atoms with van der Waals surface area (Å²) in [7, 11) is 0. The SMILES string of the molecule is O=c1cc(C(F)F)[nH]cc1Br. The highest BCUT2D eigenvalue weighted by Crippen LogP contribution is 2.14. The lowest BCUT2D eigenvalue weighted by atomic mass is 10.3. The van der Waals surface area contributed by atoms with E-state index in [1.807, 2.05) is 0 Å². The molecule has 0 aliphatic carbocycles. The number of pyridine rings is 1. The maximum absolute atomic E-state index is 11.9. The Labute approximate surface area is 69.4 Å². The van der Waals surface area contributed by atoms with Gasteiger partial charge < -0.3 is 4.98 Å². The number of nitrogens with one attached hydrogen (secondary N) is 1. The third-order valence-corrected chi connectivity index (χ3v) is 1.74. The molecule has 5 heteroatoms. The van der Waals surface area contributed by atoms with E-state index in [0.717, 1.165) is 6.07 Å². The molecule has 0 aliphatic rings. The van der Waals surface area contributed by atoms with Gasteiger partial charge in [-0.15, -0.1) is 0 Å². The molecule has 0 radical (unpaired) electrons. The zero-order valence-corrected chi connectivity index (χ0v) is 6.86. The molecule has 0 bridgehead atoms. The minimum atomic E-state index is -2.63. The molecule has 0 aromatic carbocycles. The van der Waals surface area contributed by atoms with E-state index in [2.05, 4.69) is 20.9 Å². The van der Waals surface area contributed by atoms with Crippen LogP contribution in [0.4, 0.5) is 8.78 Å². The number of aromatic nitrogens is 1. The Hall–Kier alpha value is -0.710. The molecule has 0 saturated heterocycles. The molecular formula is C6H4BrF2NO. The van der Waals surface area contributed by atoms with E-state index < -0.39 is 11.9 Å². The van der Waals surface area contributed by atoms with Crippen molar-refractivity contribution in [3.05, 3.63) is 32.7 Å². The van der Waals surface area contributed by atoms with E-state index in [-0.39, 0.29) is 10.2 Å². The van der Waals surface area contributed by atoms with Gasteiger partial charge in [0.05, 0.1) is 10.2 Å². The quantitative estimate of drug-likeness (QED) is 0.778. The fourth-order valence-electron chi connectivity index (χ4n) is 0.596. The monoisotopic (exact) mass is 223 g/mol. The first-order valence-electron chi connectivity index (χ1n) is 2.77. The molecule has 1 heterocycles. The van der Waals surface area contributed by atoms with Gasteiger partial charge in [0, 0.05) is 12.3 Å². The molecule has 0 saturated carbocycles. The molecule has 0 fully saturated rings. The van der Waals surface area contributed by atoms with Gasteiger partial charge in [0.25, 0.3) is 6.43 Å². The summed E-state index contributed by atoms with van der Waals surface area (Å²) in [4.78, 5) is 13.0. The van der Waals surface area contributed by atoms with E-state index in [1.165, 1.54) is 6.20 Å². The Kier molecular flexibility index (Phi) is 2.38. The second-order valence-corrected chi connectivity index (χ2v) is 2.76. The molecule has 0 amide bonds. The fourth-order valence-corrected chi connectivity index (χ4v) is 0.825. The van der Waals surface area contributed by atoms with Crippen LogP contribution < -0.4 is 5.43 Å². The van der Waals surface area contributed by atoms with Crippen LogP contribution in [0.2, 0.25) is 0 Å². The van der Waals surface area contributed by atoms with Crippen LogP contribution in [0.25, 0.3) is 0 Å². The molecule has 60 valence electrons. The molecule has 1 rings (SSSR count). The van der Waals surface area contributed by atoms with Crippen LogP contribution in [0.5, 0.6) is 0 Å². The lowest BCUT2D eigenvalue weighted by Crippen LogP contribution is -2.04. The molecule has 1 aromatic rings. The van der Waals surface area contributed by atoms with Gasteiger partial charge in [0.1, 0.15) is 0 Å². The number of H-pyrrole nitrogens is 1. The highest BCUT2D eigenvalue weighted by atomic mass is 79.9. The van der Waals surface area contributed by atoms with Crippen LogP contribution in [0.1, 0.15) is 12.1 Å². The summed E-state index contributed by atoms with van der Waals surface area (Å²) in [6.07, 6.45) is -1.43. The lowest BCUT2D eigenvalue weighted by Gasteiger charge is -1.97. The van der Waals surface area contributed by atoms with Crippen molar-refractivity contribution in [2.75, 3.05) is 0 Å². The Morgan fingerprint density at radius 3 is 2.64 bits per heavy atom. The molecule has 0 aliphatic heterocycles. The first-order chi connectivity index (χ1) is 5.11. The van der Waals surface area contributed by atoms with E-state index in [1.54, 1.807) is 0 Å². The largest absolute Gasteiger partial charge is 0.359 e. The van der Waals surface area contributed by atoms with Gasteiger partial charge in [0.15, 0.2) is 5.43 Å². The zero-order chi connectivity index (χ0) is 8.43. The molecule has 11 heavy (non-hydrogen) atoms. The number of rotatable bonds is 1. The van der Waals surface area contributed by atoms with E-state index >= 15 is 0 Å². The second-order valence-electron chi connectivity index (χ2n) is 1.90. The smallest absolute Gasteiger partial charge is 0.278 e. The van der Waals surface area contributed by atoms with E-state index in [0.29, 0.717) is 0 Å². The van der Waals surface area contributed by atoms with Crippen LogP contribution in [0.3, 0.4) is 0 Å². The number of alkyl halides is 2. The van der Waals surface area contributed by atoms with Gasteiger partial charge in [-0.2, -0.15) is 0 Å². The third kappa shape index (κ3) is 1.86. The Morgan fingerprint density at radius 1 is 1.55 bits per heavy atom. The summed E-state index contributed by atoms with van der Waals surface area (Å²) < 4.78 is 24.0. The predicted octanol–water partition coefficient (Wildman–Crippen LogP) is 2.08. The normalized spacial score (nSPS) is 10.5. The van der Waals surface area contributed by atoms with Crippen molar-refractivity contribution in [2.45, 2.75) is 6.43 Å². The van der Waals surface area contributed by atoms with Crippen molar-refractivity contribution in [1.82, 2.24) is 4.98 Å². The van der Waals surface area contributed by atoms with Crippen molar-refractivity contribution in [2.24, 2.45) is 0 Å². The van der Waals surface area contributed by atoms with Crippen molar-refractivity contribution < 1.29 is 8.78 Å². The van der Waals surface area contributed by atoms with Crippen LogP contribution in [0, 0.1) is 0 Å². The Balaban J connectivity index is 3.16. The maximum atomic E-state index is 11.9. The summed E-state index contributed by atoms with van der Waals surface area (Å²) in [5.74, 6) is 0. The number of aromatic amines is 1. The van der Waals surface area contributed by atoms with Gasteiger partial charge in [-0.3, -0.25) is 4.79 Å². The van der Waals surface area contributed by atoms with Gasteiger partial charge in [-0.1, -0.05) is 0 Å². The molecule has 0 unspecified atom stereocenters. The summed E-state index contributed by atoms with van der Waals surface area (Å²) in [6.45, 7) is 0. The molecule has 0 atom stereocenters. The highest BCUT2D eigenvalue weighted by molar-refractivity contribution is 9.10. The van der Waals surface area contributed by atoms with Crippen LogP contribution in [0.15, 0.2) is 21.5 Å². The third-order valence-electron chi connectivity index (χ3n) is 1.12. The fraction of sp³-hybridized carbons (Fsp3) is 0.167. The minimum Gasteiger partial charge on any atom is -0.359 e. The summed E-state index contributed by atoms with van der Waals surface area (Å²) >= 11 is 2.89. The average Bonchev–Trinajstić information content (AvgIpc) is 1.94. The van der Waals surface area contributed by atoms with Gasteiger partial charge in [0.2, 0.25) is 0 Å². The molecular weight excluding hydrogens is 220 g/mol. The second kappa shape index (κ2) is 3.13. The highest BCUT2D eigenvalue weighted by Gasteiger charge is 2.07. The zero-order valence-electron chi connectivity index (χ0n) is 5.27. The predicted molar refractivity (Wildman–Crippen MR) is 39.7 cm³/mol. The van der Waals surface area contributed by atoms with Gasteiger partial charge in [-0.05, 0) is 15.9 Å². The molecule has 2 nitrogen and oxygen atoms in total. The van der Waals surface area contributed by atoms with Crippen molar-refractivity contribution >= 4 is 15.9 Å². The van der Waals surface area contributed by atoms with E-state index in [9.17, 15) is 13.6 Å². The Bertz CT molecular complexity index is 310. The first-order valence-corrected chi connectivity index (χ1v) is 3.57. The van der Waals surface area contributed by atoms with Crippen LogP contribution in [-0.2, 0) is 0 Å². The maximum Gasteiger partial charge on any atom is 0.278 e. The summed E-state index contributed by atoms with van der Waals surface area (Å²) in [6, 6.07) is 0.870. The van der Waals surface area contributed by atoms with Crippen molar-refractivity contribution in [3.8, 4) is 0 Å². The van der Waals surface area contributed by atoms with Crippen molar-refractivity contribution in [1.29, 1.82) is 0 Å². The summed E-state index contributed by atoms with van der Waals surface area (Å²) in [5, 5.41) is 0. The number of halogens is 3. The lowest BCUT2D eigenvalue weighted by molar-refractivity contribution is 0.146. The number of hydrogen-bond donors (Lipinski definition) is 1.